The first-order chi connectivity index (χ1) is 8.84. The lowest BCUT2D eigenvalue weighted by molar-refractivity contribution is 1.56. The van der Waals surface area contributed by atoms with E-state index in [0.717, 1.165) is 27.8 Å². The molecule has 0 saturated carbocycles. The van der Waals surface area contributed by atoms with E-state index in [-0.39, 0.29) is 0 Å². The molecule has 0 bridgehead atoms. The summed E-state index contributed by atoms with van der Waals surface area (Å²) in [7, 11) is 0. The molecule has 3 N–H and O–H groups in total. The number of nitrogens with one attached hydrogen (secondary N) is 1. The first-order valence-corrected chi connectivity index (χ1v) is 5.94. The topological polar surface area (TPSA) is 38.0 Å². The zero-order valence-electron chi connectivity index (χ0n) is 9.93. The summed E-state index contributed by atoms with van der Waals surface area (Å²) in [6.07, 6.45) is 0. The molecular weight excluding hydrogens is 220 g/mol. The van der Waals surface area contributed by atoms with E-state index >= 15 is 0 Å². The Morgan fingerprint density at radius 2 is 1.44 bits per heavy atom. The highest BCUT2D eigenvalue weighted by Gasteiger charge is 2.03. The molecule has 18 heavy (non-hydrogen) atoms. The van der Waals surface area contributed by atoms with E-state index in [0.29, 0.717) is 0 Å². The summed E-state index contributed by atoms with van der Waals surface area (Å²) in [6, 6.07) is 22.3. The molecule has 0 spiro atoms. The second kappa shape index (κ2) is 4.41. The number of nitrogens with two attached hydrogens (primary N) is 1. The monoisotopic (exact) mass is 234 g/mol. The molecule has 0 aliphatic carbocycles. The fourth-order valence-electron chi connectivity index (χ4n) is 2.08. The molecular formula is C16H14N2. The molecule has 2 heteroatoms. The van der Waals surface area contributed by atoms with Crippen LogP contribution in [-0.4, -0.2) is 0 Å². The lowest BCUT2D eigenvalue weighted by Gasteiger charge is -2.11. The summed E-state index contributed by atoms with van der Waals surface area (Å²) in [5.74, 6) is 0. The molecule has 0 fully saturated rings. The van der Waals surface area contributed by atoms with Gasteiger partial charge in [0.15, 0.2) is 0 Å². The predicted octanol–water partition coefficient (Wildman–Crippen LogP) is 4.17. The minimum Gasteiger partial charge on any atom is -0.397 e. The Labute approximate surface area is 106 Å². The summed E-state index contributed by atoms with van der Waals surface area (Å²) in [5, 5.41) is 5.58. The van der Waals surface area contributed by atoms with Gasteiger partial charge in [0.2, 0.25) is 0 Å². The second-order valence-electron chi connectivity index (χ2n) is 4.24. The number of anilines is 3. The Balaban J connectivity index is 2.05. The number of rotatable bonds is 2. The van der Waals surface area contributed by atoms with Crippen molar-refractivity contribution in [2.75, 3.05) is 11.1 Å². The number of hydrogen-bond donors (Lipinski definition) is 2. The van der Waals surface area contributed by atoms with E-state index in [1.165, 1.54) is 0 Å². The molecule has 2 nitrogen and oxygen atoms in total. The third kappa shape index (κ3) is 1.89. The maximum Gasteiger partial charge on any atom is 0.0633 e. The Hall–Kier alpha value is -2.48. The fraction of sp³-hybridized carbons (Fsp3) is 0. The van der Waals surface area contributed by atoms with Gasteiger partial charge in [-0.2, -0.15) is 0 Å². The lowest BCUT2D eigenvalue weighted by Crippen LogP contribution is -1.96. The van der Waals surface area contributed by atoms with Crippen LogP contribution in [0.3, 0.4) is 0 Å². The number of nitrogen functional groups attached to an aromatic ring is 1. The first kappa shape index (κ1) is 10.7. The van der Waals surface area contributed by atoms with Crippen LogP contribution in [0.15, 0.2) is 66.7 Å². The maximum absolute atomic E-state index is 6.20. The molecule has 3 aromatic rings. The molecule has 3 rings (SSSR count). The Morgan fingerprint density at radius 3 is 2.28 bits per heavy atom. The average molecular weight is 234 g/mol. The van der Waals surface area contributed by atoms with Gasteiger partial charge in [-0.05, 0) is 23.6 Å². The van der Waals surface area contributed by atoms with Gasteiger partial charge in [0.05, 0.1) is 11.4 Å². The van der Waals surface area contributed by atoms with Crippen molar-refractivity contribution in [1.82, 2.24) is 0 Å². The predicted molar refractivity (Wildman–Crippen MR) is 78.1 cm³/mol. The molecule has 0 heterocycles. The van der Waals surface area contributed by atoms with Crippen LogP contribution in [0, 0.1) is 0 Å². The van der Waals surface area contributed by atoms with Gasteiger partial charge >= 0.3 is 0 Å². The van der Waals surface area contributed by atoms with Crippen molar-refractivity contribution in [3.05, 3.63) is 66.7 Å². The van der Waals surface area contributed by atoms with Gasteiger partial charge in [0.1, 0.15) is 0 Å². The van der Waals surface area contributed by atoms with Crippen LogP contribution < -0.4 is 11.1 Å². The summed E-state index contributed by atoms with van der Waals surface area (Å²) >= 11 is 0. The third-order valence-electron chi connectivity index (χ3n) is 3.02. The van der Waals surface area contributed by atoms with Crippen molar-refractivity contribution in [2.24, 2.45) is 0 Å². The number of benzene rings is 3. The lowest BCUT2D eigenvalue weighted by atomic mass is 10.1. The van der Waals surface area contributed by atoms with Crippen molar-refractivity contribution in [2.45, 2.75) is 0 Å². The van der Waals surface area contributed by atoms with Crippen LogP contribution in [0.25, 0.3) is 10.8 Å². The molecule has 0 radical (unpaired) electrons. The highest BCUT2D eigenvalue weighted by Crippen LogP contribution is 2.30. The van der Waals surface area contributed by atoms with E-state index in [2.05, 4.69) is 17.4 Å². The highest BCUT2D eigenvalue weighted by atomic mass is 14.9. The third-order valence-corrected chi connectivity index (χ3v) is 3.02. The summed E-state index contributed by atoms with van der Waals surface area (Å²) in [4.78, 5) is 0. The van der Waals surface area contributed by atoms with Gasteiger partial charge in [-0.1, -0.05) is 48.5 Å². The molecule has 0 aliphatic heterocycles. The highest BCUT2D eigenvalue weighted by molar-refractivity contribution is 5.99. The number of hydrogen-bond acceptors (Lipinski definition) is 2. The second-order valence-corrected chi connectivity index (χ2v) is 4.24. The molecule has 0 saturated heterocycles. The minimum absolute atomic E-state index is 0.789. The van der Waals surface area contributed by atoms with Crippen molar-refractivity contribution in [1.29, 1.82) is 0 Å². The van der Waals surface area contributed by atoms with E-state index in [1.54, 1.807) is 0 Å². The first-order valence-electron chi connectivity index (χ1n) is 5.94. The van der Waals surface area contributed by atoms with E-state index < -0.39 is 0 Å². The van der Waals surface area contributed by atoms with Gasteiger partial charge in [-0.15, -0.1) is 0 Å². The molecule has 0 unspecified atom stereocenters. The van der Waals surface area contributed by atoms with Crippen molar-refractivity contribution in [3.63, 3.8) is 0 Å². The van der Waals surface area contributed by atoms with Crippen molar-refractivity contribution in [3.8, 4) is 0 Å². The largest absolute Gasteiger partial charge is 0.397 e. The minimum atomic E-state index is 0.789. The van der Waals surface area contributed by atoms with E-state index in [4.69, 9.17) is 5.73 Å². The smallest absolute Gasteiger partial charge is 0.0633 e. The van der Waals surface area contributed by atoms with Gasteiger partial charge in [0, 0.05) is 11.1 Å². The normalized spacial score (nSPS) is 10.4. The Kier molecular flexibility index (Phi) is 2.61. The van der Waals surface area contributed by atoms with Crippen LogP contribution in [-0.2, 0) is 0 Å². The van der Waals surface area contributed by atoms with Gasteiger partial charge in [0.25, 0.3) is 0 Å². The zero-order valence-corrected chi connectivity index (χ0v) is 9.93. The molecule has 88 valence electrons. The van der Waals surface area contributed by atoms with Crippen LogP contribution in [0.2, 0.25) is 0 Å². The Morgan fingerprint density at radius 1 is 0.722 bits per heavy atom. The van der Waals surface area contributed by atoms with E-state index in [1.807, 2.05) is 54.6 Å². The van der Waals surface area contributed by atoms with Crippen LogP contribution >= 0.6 is 0 Å². The zero-order chi connectivity index (χ0) is 12.4. The maximum atomic E-state index is 6.20. The summed E-state index contributed by atoms with van der Waals surface area (Å²) < 4.78 is 0. The van der Waals surface area contributed by atoms with Crippen molar-refractivity contribution >= 4 is 27.8 Å². The SMILES string of the molecule is Nc1c(Nc2ccccc2)ccc2ccccc12. The summed E-state index contributed by atoms with van der Waals surface area (Å²) in [5.41, 5.74) is 8.98. The molecule has 0 atom stereocenters. The molecule has 0 aromatic heterocycles. The standard InChI is InChI=1S/C16H14N2/c17-16-14-9-5-4-6-12(14)10-11-15(16)18-13-7-2-1-3-8-13/h1-11,18H,17H2. The molecule has 0 amide bonds. The van der Waals surface area contributed by atoms with Crippen LogP contribution in [0.5, 0.6) is 0 Å². The number of fused-ring (bicyclic) bond motifs is 1. The van der Waals surface area contributed by atoms with Gasteiger partial charge in [-0.3, -0.25) is 0 Å². The summed E-state index contributed by atoms with van der Waals surface area (Å²) in [6.45, 7) is 0. The fourth-order valence-corrected chi connectivity index (χ4v) is 2.08. The van der Waals surface area contributed by atoms with Crippen LogP contribution in [0.1, 0.15) is 0 Å². The number of para-hydroxylation sites is 1. The molecule has 0 aliphatic rings. The van der Waals surface area contributed by atoms with Crippen molar-refractivity contribution < 1.29 is 0 Å². The van der Waals surface area contributed by atoms with Gasteiger partial charge < -0.3 is 11.1 Å². The quantitative estimate of drug-likeness (QED) is 0.653. The van der Waals surface area contributed by atoms with Gasteiger partial charge in [-0.25, -0.2) is 0 Å². The van der Waals surface area contributed by atoms with E-state index in [9.17, 15) is 0 Å². The molecule has 3 aromatic carbocycles. The Bertz CT molecular complexity index is 675. The van der Waals surface area contributed by atoms with Crippen LogP contribution in [0.4, 0.5) is 17.1 Å². The average Bonchev–Trinajstić information content (AvgIpc) is 2.43.